The van der Waals surface area contributed by atoms with Gasteiger partial charge in [-0.2, -0.15) is 0 Å². The van der Waals surface area contributed by atoms with Crippen molar-refractivity contribution in [3.8, 4) is 11.1 Å². The number of carboxylic acids is 1. The lowest BCUT2D eigenvalue weighted by atomic mass is 9.82. The minimum Gasteiger partial charge on any atom is -0.481 e. The molecule has 0 bridgehead atoms. The quantitative estimate of drug-likeness (QED) is 0.412. The van der Waals surface area contributed by atoms with Gasteiger partial charge < -0.3 is 15.2 Å². The van der Waals surface area contributed by atoms with Crippen LogP contribution < -0.4 is 5.32 Å². The van der Waals surface area contributed by atoms with Crippen LogP contribution in [0.2, 0.25) is 0 Å². The Hall–Kier alpha value is -2.93. The number of benzene rings is 1. The van der Waals surface area contributed by atoms with Gasteiger partial charge in [0, 0.05) is 10.4 Å². The predicted molar refractivity (Wildman–Crippen MR) is 131 cm³/mol. The third kappa shape index (κ3) is 5.36. The predicted octanol–water partition coefficient (Wildman–Crippen LogP) is 5.80. The Morgan fingerprint density at radius 3 is 2.24 bits per heavy atom. The summed E-state index contributed by atoms with van der Waals surface area (Å²) in [6.07, 6.45) is 4.29. The van der Waals surface area contributed by atoms with Crippen molar-refractivity contribution in [2.24, 2.45) is 11.8 Å². The maximum absolute atomic E-state index is 13.1. The van der Waals surface area contributed by atoms with Crippen molar-refractivity contribution >= 4 is 34.2 Å². The average Bonchev–Trinajstić information content (AvgIpc) is 3.08. The number of esters is 1. The number of carbonyl (C=O) groups excluding carboxylic acids is 2. The lowest BCUT2D eigenvalue weighted by molar-refractivity contribution is -0.146. The number of aliphatic carboxylic acids is 1. The van der Waals surface area contributed by atoms with E-state index in [2.05, 4.69) is 26.1 Å². The zero-order chi connectivity index (χ0) is 24.3. The molecule has 2 aromatic rings. The summed E-state index contributed by atoms with van der Waals surface area (Å²) in [5.74, 6) is -3.38. The Kier molecular flexibility index (Phi) is 7.42. The first-order valence-corrected chi connectivity index (χ1v) is 12.0. The molecule has 0 saturated carbocycles. The molecule has 0 aliphatic heterocycles. The Morgan fingerprint density at radius 2 is 1.70 bits per heavy atom. The monoisotopic (exact) mass is 469 g/mol. The van der Waals surface area contributed by atoms with Crippen LogP contribution in [0.15, 0.2) is 36.4 Å². The lowest BCUT2D eigenvalue weighted by Gasteiger charge is -2.24. The van der Waals surface area contributed by atoms with Crippen LogP contribution in [-0.2, 0) is 19.7 Å². The number of aryl methyl sites for hydroxylation is 1. The van der Waals surface area contributed by atoms with E-state index < -0.39 is 29.7 Å². The summed E-state index contributed by atoms with van der Waals surface area (Å²) < 4.78 is 5.32. The van der Waals surface area contributed by atoms with Gasteiger partial charge in [0.05, 0.1) is 18.4 Å². The zero-order valence-electron chi connectivity index (χ0n) is 19.7. The molecule has 1 aromatic carbocycles. The SMILES string of the molecule is CCOC(=O)c1c(NC(=O)C2CC=CCC2C(=O)O)sc(C)c1-c1ccc(C(C)(C)C)cc1. The van der Waals surface area contributed by atoms with Crippen LogP contribution in [0.3, 0.4) is 0 Å². The first-order chi connectivity index (χ1) is 15.5. The summed E-state index contributed by atoms with van der Waals surface area (Å²) in [7, 11) is 0. The second kappa shape index (κ2) is 9.91. The molecular weight excluding hydrogens is 438 g/mol. The molecule has 2 atom stereocenters. The fraction of sp³-hybridized carbons (Fsp3) is 0.423. The third-order valence-corrected chi connectivity index (χ3v) is 6.95. The smallest absolute Gasteiger partial charge is 0.341 e. The zero-order valence-corrected chi connectivity index (χ0v) is 20.5. The van der Waals surface area contributed by atoms with E-state index in [1.54, 1.807) is 13.0 Å². The van der Waals surface area contributed by atoms with Gasteiger partial charge in [0.25, 0.3) is 0 Å². The molecule has 0 saturated heterocycles. The molecular formula is C26H31NO5S. The number of rotatable bonds is 6. The third-order valence-electron chi connectivity index (χ3n) is 5.93. The normalized spacial score (nSPS) is 18.1. The average molecular weight is 470 g/mol. The van der Waals surface area contributed by atoms with Gasteiger partial charge >= 0.3 is 11.9 Å². The van der Waals surface area contributed by atoms with Gasteiger partial charge in [-0.05, 0) is 43.2 Å². The van der Waals surface area contributed by atoms with E-state index in [1.807, 2.05) is 37.3 Å². The molecule has 176 valence electrons. The number of anilines is 1. The van der Waals surface area contributed by atoms with Gasteiger partial charge in [0.2, 0.25) is 5.91 Å². The molecule has 0 fully saturated rings. The number of hydrogen-bond donors (Lipinski definition) is 2. The van der Waals surface area contributed by atoms with Crippen LogP contribution in [0.5, 0.6) is 0 Å². The van der Waals surface area contributed by atoms with Gasteiger partial charge in [-0.1, -0.05) is 57.2 Å². The van der Waals surface area contributed by atoms with E-state index >= 15 is 0 Å². The Bertz CT molecular complexity index is 1080. The maximum Gasteiger partial charge on any atom is 0.341 e. The molecule has 1 amide bonds. The number of amides is 1. The van der Waals surface area contributed by atoms with Crippen molar-refractivity contribution < 1.29 is 24.2 Å². The fourth-order valence-electron chi connectivity index (χ4n) is 4.10. The summed E-state index contributed by atoms with van der Waals surface area (Å²) in [4.78, 5) is 38.5. The number of ether oxygens (including phenoxy) is 1. The fourth-order valence-corrected chi connectivity index (χ4v) is 5.16. The van der Waals surface area contributed by atoms with Crippen molar-refractivity contribution in [2.75, 3.05) is 11.9 Å². The van der Waals surface area contributed by atoms with Crippen molar-refractivity contribution in [3.05, 3.63) is 52.4 Å². The number of thiophene rings is 1. The van der Waals surface area contributed by atoms with Crippen LogP contribution in [-0.4, -0.2) is 29.6 Å². The van der Waals surface area contributed by atoms with E-state index in [0.29, 0.717) is 23.4 Å². The summed E-state index contributed by atoms with van der Waals surface area (Å²) in [5.41, 5.74) is 3.09. The van der Waals surface area contributed by atoms with E-state index in [1.165, 1.54) is 16.9 Å². The summed E-state index contributed by atoms with van der Waals surface area (Å²) in [5, 5.41) is 12.8. The highest BCUT2D eigenvalue weighted by atomic mass is 32.1. The minimum atomic E-state index is -0.993. The van der Waals surface area contributed by atoms with Gasteiger partial charge in [0.15, 0.2) is 0 Å². The molecule has 3 rings (SSSR count). The first-order valence-electron chi connectivity index (χ1n) is 11.1. The molecule has 2 unspecified atom stereocenters. The highest BCUT2D eigenvalue weighted by molar-refractivity contribution is 7.17. The van der Waals surface area contributed by atoms with Crippen molar-refractivity contribution in [3.63, 3.8) is 0 Å². The Morgan fingerprint density at radius 1 is 1.09 bits per heavy atom. The van der Waals surface area contributed by atoms with Gasteiger partial charge in [0.1, 0.15) is 10.6 Å². The molecule has 6 nitrogen and oxygen atoms in total. The standard InChI is InChI=1S/C26H31NO5S/c1-6-32-25(31)21-20(16-11-13-17(14-12-16)26(3,4)5)15(2)33-23(21)27-22(28)18-9-7-8-10-19(18)24(29)30/h7-8,11-14,18-19H,6,9-10H2,1-5H3,(H,27,28)(H,29,30). The molecule has 2 N–H and O–H groups in total. The number of allylic oxidation sites excluding steroid dienone is 2. The summed E-state index contributed by atoms with van der Waals surface area (Å²) >= 11 is 1.30. The second-order valence-electron chi connectivity index (χ2n) is 9.27. The number of carbonyl (C=O) groups is 3. The van der Waals surface area contributed by atoms with Crippen LogP contribution in [0.1, 0.15) is 61.3 Å². The second-order valence-corrected chi connectivity index (χ2v) is 10.5. The van der Waals surface area contributed by atoms with Gasteiger partial charge in [-0.25, -0.2) is 4.79 Å². The van der Waals surface area contributed by atoms with Crippen LogP contribution in [0.25, 0.3) is 11.1 Å². The number of nitrogens with one attached hydrogen (secondary N) is 1. The van der Waals surface area contributed by atoms with E-state index in [9.17, 15) is 19.5 Å². The number of hydrogen-bond acceptors (Lipinski definition) is 5. The van der Waals surface area contributed by atoms with Crippen molar-refractivity contribution in [1.82, 2.24) is 0 Å². The molecule has 1 aliphatic carbocycles. The Labute approximate surface area is 198 Å². The molecule has 33 heavy (non-hydrogen) atoms. The first kappa shape index (κ1) is 24.7. The van der Waals surface area contributed by atoms with Gasteiger partial charge in [-0.3, -0.25) is 9.59 Å². The molecule has 1 heterocycles. The summed E-state index contributed by atoms with van der Waals surface area (Å²) in [6.45, 7) is 10.3. The molecule has 1 aliphatic rings. The largest absolute Gasteiger partial charge is 0.481 e. The topological polar surface area (TPSA) is 92.7 Å². The highest BCUT2D eigenvalue weighted by Crippen LogP contribution is 2.41. The minimum absolute atomic E-state index is 0.000448. The van der Waals surface area contributed by atoms with Gasteiger partial charge in [-0.15, -0.1) is 11.3 Å². The Balaban J connectivity index is 2.01. The molecule has 7 heteroatoms. The lowest BCUT2D eigenvalue weighted by Crippen LogP contribution is -2.34. The van der Waals surface area contributed by atoms with E-state index in [0.717, 1.165) is 16.0 Å². The molecule has 0 radical (unpaired) electrons. The highest BCUT2D eigenvalue weighted by Gasteiger charge is 2.35. The molecule has 1 aromatic heterocycles. The van der Waals surface area contributed by atoms with Crippen LogP contribution >= 0.6 is 11.3 Å². The van der Waals surface area contributed by atoms with E-state index in [-0.39, 0.29) is 12.0 Å². The maximum atomic E-state index is 13.1. The van der Waals surface area contributed by atoms with Crippen LogP contribution in [0.4, 0.5) is 5.00 Å². The molecule has 0 spiro atoms. The van der Waals surface area contributed by atoms with Crippen molar-refractivity contribution in [1.29, 1.82) is 0 Å². The van der Waals surface area contributed by atoms with Crippen LogP contribution in [0, 0.1) is 18.8 Å². The van der Waals surface area contributed by atoms with E-state index in [4.69, 9.17) is 4.74 Å². The number of carboxylic acid groups (broad SMARTS) is 1. The van der Waals surface area contributed by atoms with Crippen molar-refractivity contribution in [2.45, 2.75) is 52.9 Å². The summed E-state index contributed by atoms with van der Waals surface area (Å²) in [6, 6.07) is 8.06.